The lowest BCUT2D eigenvalue weighted by Crippen LogP contribution is -2.34. The summed E-state index contributed by atoms with van der Waals surface area (Å²) in [6.07, 6.45) is 3.26. The van der Waals surface area contributed by atoms with Crippen LogP contribution in [0.2, 0.25) is 0 Å². The van der Waals surface area contributed by atoms with Crippen LogP contribution in [0.15, 0.2) is 0 Å². The van der Waals surface area contributed by atoms with Crippen LogP contribution < -0.4 is 0 Å². The normalized spacial score (nSPS) is 28.0. The van der Waals surface area contributed by atoms with Crippen molar-refractivity contribution in [2.24, 2.45) is 11.3 Å². The van der Waals surface area contributed by atoms with Crippen molar-refractivity contribution in [3.8, 4) is 0 Å². The monoisotopic (exact) mass is 261 g/mol. The standard InChI is InChI=1S/C14H25F2NO/c1-11(2)18-10-14(5-6-14)9-17-7-4-12(8-17)13(3,15)16/h11-12H,4-10H2,1-3H3/t12-/m1/s1. The zero-order chi connectivity index (χ0) is 13.4. The second-order valence-electron chi connectivity index (χ2n) is 6.54. The number of nitrogens with zero attached hydrogens (tertiary/aromatic N) is 1. The zero-order valence-electron chi connectivity index (χ0n) is 11.7. The van der Waals surface area contributed by atoms with E-state index in [0.717, 1.165) is 26.6 Å². The molecule has 2 nitrogen and oxygen atoms in total. The van der Waals surface area contributed by atoms with E-state index < -0.39 is 11.8 Å². The summed E-state index contributed by atoms with van der Waals surface area (Å²) in [5, 5.41) is 0. The van der Waals surface area contributed by atoms with Crippen LogP contribution in [0, 0.1) is 11.3 Å². The molecule has 0 aromatic rings. The van der Waals surface area contributed by atoms with Crippen LogP contribution >= 0.6 is 0 Å². The van der Waals surface area contributed by atoms with Crippen molar-refractivity contribution < 1.29 is 13.5 Å². The molecule has 1 saturated carbocycles. The molecule has 1 aliphatic carbocycles. The Kier molecular flexibility index (Phi) is 3.98. The van der Waals surface area contributed by atoms with Crippen LogP contribution in [0.4, 0.5) is 8.78 Å². The molecule has 1 atom stereocenters. The van der Waals surface area contributed by atoms with E-state index in [1.807, 2.05) is 13.8 Å². The predicted octanol–water partition coefficient (Wildman–Crippen LogP) is 3.17. The van der Waals surface area contributed by atoms with Crippen molar-refractivity contribution in [2.75, 3.05) is 26.2 Å². The first-order valence-corrected chi connectivity index (χ1v) is 7.03. The van der Waals surface area contributed by atoms with Gasteiger partial charge in [0.05, 0.1) is 12.7 Å². The maximum absolute atomic E-state index is 13.3. The Balaban J connectivity index is 1.78. The third kappa shape index (κ3) is 3.64. The molecule has 0 bridgehead atoms. The number of rotatable bonds is 6. The Hall–Kier alpha value is -0.220. The highest BCUT2D eigenvalue weighted by atomic mass is 19.3. The topological polar surface area (TPSA) is 12.5 Å². The molecule has 1 heterocycles. The summed E-state index contributed by atoms with van der Waals surface area (Å²) in [5.74, 6) is -2.99. The van der Waals surface area contributed by atoms with Gasteiger partial charge in [0.25, 0.3) is 0 Å². The number of halogens is 2. The molecule has 1 aliphatic heterocycles. The third-order valence-electron chi connectivity index (χ3n) is 4.23. The van der Waals surface area contributed by atoms with Gasteiger partial charge in [0.2, 0.25) is 5.92 Å². The Morgan fingerprint density at radius 1 is 1.39 bits per heavy atom. The van der Waals surface area contributed by atoms with Gasteiger partial charge in [-0.3, -0.25) is 0 Å². The fraction of sp³-hybridized carbons (Fsp3) is 1.00. The molecule has 0 spiro atoms. The molecular formula is C14H25F2NO. The van der Waals surface area contributed by atoms with Gasteiger partial charge in [-0.2, -0.15) is 0 Å². The highest BCUT2D eigenvalue weighted by Crippen LogP contribution is 2.47. The predicted molar refractivity (Wildman–Crippen MR) is 67.9 cm³/mol. The van der Waals surface area contributed by atoms with Gasteiger partial charge < -0.3 is 9.64 Å². The first kappa shape index (κ1) is 14.2. The summed E-state index contributed by atoms with van der Waals surface area (Å²) in [6, 6.07) is 0. The van der Waals surface area contributed by atoms with Crippen molar-refractivity contribution in [1.29, 1.82) is 0 Å². The SMILES string of the molecule is CC(C)OCC1(CN2CC[C@@H](C(C)(F)F)C2)CC1. The summed E-state index contributed by atoms with van der Waals surface area (Å²) in [4.78, 5) is 2.21. The van der Waals surface area contributed by atoms with E-state index in [2.05, 4.69) is 4.90 Å². The second-order valence-corrected chi connectivity index (χ2v) is 6.54. The van der Waals surface area contributed by atoms with Crippen molar-refractivity contribution in [2.45, 2.75) is 52.1 Å². The summed E-state index contributed by atoms with van der Waals surface area (Å²) in [5.41, 5.74) is 0.266. The highest BCUT2D eigenvalue weighted by Gasteiger charge is 2.47. The molecule has 0 N–H and O–H groups in total. The van der Waals surface area contributed by atoms with Gasteiger partial charge in [-0.25, -0.2) is 8.78 Å². The maximum atomic E-state index is 13.3. The molecule has 0 amide bonds. The van der Waals surface area contributed by atoms with Gasteiger partial charge in [0, 0.05) is 24.4 Å². The third-order valence-corrected chi connectivity index (χ3v) is 4.23. The molecule has 0 aromatic heterocycles. The summed E-state index contributed by atoms with van der Waals surface area (Å²) in [7, 11) is 0. The fourth-order valence-electron chi connectivity index (χ4n) is 2.73. The van der Waals surface area contributed by atoms with Gasteiger partial charge in [0.15, 0.2) is 0 Å². The van der Waals surface area contributed by atoms with Gasteiger partial charge in [-0.1, -0.05) is 0 Å². The summed E-state index contributed by atoms with van der Waals surface area (Å²) < 4.78 is 32.2. The fourth-order valence-corrected chi connectivity index (χ4v) is 2.73. The molecule has 0 aromatic carbocycles. The number of hydrogen-bond donors (Lipinski definition) is 0. The van der Waals surface area contributed by atoms with E-state index in [1.54, 1.807) is 0 Å². The van der Waals surface area contributed by atoms with Crippen LogP contribution in [0.25, 0.3) is 0 Å². The first-order valence-electron chi connectivity index (χ1n) is 7.03. The Morgan fingerprint density at radius 3 is 2.50 bits per heavy atom. The molecule has 0 unspecified atom stereocenters. The summed E-state index contributed by atoms with van der Waals surface area (Å²) >= 11 is 0. The minimum absolute atomic E-state index is 0.258. The van der Waals surface area contributed by atoms with E-state index in [-0.39, 0.29) is 11.5 Å². The average Bonchev–Trinajstić information content (AvgIpc) is 2.82. The van der Waals surface area contributed by atoms with Gasteiger partial charge in [-0.15, -0.1) is 0 Å². The van der Waals surface area contributed by atoms with Crippen LogP contribution in [0.1, 0.15) is 40.0 Å². The molecular weight excluding hydrogens is 236 g/mol. The number of hydrogen-bond acceptors (Lipinski definition) is 2. The highest BCUT2D eigenvalue weighted by molar-refractivity contribution is 4.97. The number of ether oxygens (including phenoxy) is 1. The lowest BCUT2D eigenvalue weighted by Gasteiger charge is -2.25. The molecule has 2 rings (SSSR count). The van der Waals surface area contributed by atoms with Crippen molar-refractivity contribution in [3.05, 3.63) is 0 Å². The van der Waals surface area contributed by atoms with Crippen LogP contribution in [0.5, 0.6) is 0 Å². The van der Waals surface area contributed by atoms with E-state index >= 15 is 0 Å². The van der Waals surface area contributed by atoms with Crippen molar-refractivity contribution in [3.63, 3.8) is 0 Å². The molecule has 18 heavy (non-hydrogen) atoms. The van der Waals surface area contributed by atoms with Crippen LogP contribution in [-0.4, -0.2) is 43.2 Å². The zero-order valence-corrected chi connectivity index (χ0v) is 11.7. The Labute approximate surface area is 109 Å². The first-order chi connectivity index (χ1) is 8.31. The number of likely N-dealkylation sites (tertiary alicyclic amines) is 1. The van der Waals surface area contributed by atoms with Crippen molar-refractivity contribution in [1.82, 2.24) is 4.90 Å². The molecule has 106 valence electrons. The smallest absolute Gasteiger partial charge is 0.249 e. The number of alkyl halides is 2. The van der Waals surface area contributed by atoms with Gasteiger partial charge in [0.1, 0.15) is 0 Å². The second kappa shape index (κ2) is 5.04. The van der Waals surface area contributed by atoms with Crippen LogP contribution in [-0.2, 0) is 4.74 Å². The molecule has 4 heteroatoms. The average molecular weight is 261 g/mol. The quantitative estimate of drug-likeness (QED) is 0.728. The largest absolute Gasteiger partial charge is 0.378 e. The Morgan fingerprint density at radius 2 is 2.06 bits per heavy atom. The van der Waals surface area contributed by atoms with Crippen molar-refractivity contribution >= 4 is 0 Å². The van der Waals surface area contributed by atoms with E-state index in [4.69, 9.17) is 4.74 Å². The lowest BCUT2D eigenvalue weighted by atomic mass is 10.0. The van der Waals surface area contributed by atoms with Gasteiger partial charge >= 0.3 is 0 Å². The van der Waals surface area contributed by atoms with E-state index in [9.17, 15) is 8.78 Å². The van der Waals surface area contributed by atoms with E-state index in [1.165, 1.54) is 12.8 Å². The minimum Gasteiger partial charge on any atom is -0.378 e. The van der Waals surface area contributed by atoms with E-state index in [0.29, 0.717) is 13.0 Å². The molecule has 2 aliphatic rings. The molecule has 0 radical (unpaired) electrons. The van der Waals surface area contributed by atoms with Crippen LogP contribution in [0.3, 0.4) is 0 Å². The maximum Gasteiger partial charge on any atom is 0.249 e. The summed E-state index contributed by atoms with van der Waals surface area (Å²) in [6.45, 7) is 8.22. The minimum atomic E-state index is -2.53. The molecule has 2 fully saturated rings. The lowest BCUT2D eigenvalue weighted by molar-refractivity contribution is -0.0364. The van der Waals surface area contributed by atoms with Gasteiger partial charge in [-0.05, 0) is 46.6 Å². The Bertz CT molecular complexity index is 284. The molecule has 1 saturated heterocycles.